The first-order valence-electron chi connectivity index (χ1n) is 12.4. The molecular weight excluding hydrogens is 491 g/mol. The zero-order valence-electron chi connectivity index (χ0n) is 21.9. The van der Waals surface area contributed by atoms with Crippen molar-refractivity contribution in [1.82, 2.24) is 19.3 Å². The van der Waals surface area contributed by atoms with Crippen LogP contribution in [0, 0.1) is 31.0 Å². The highest BCUT2D eigenvalue weighted by atomic mass is 19.1. The van der Waals surface area contributed by atoms with Gasteiger partial charge < -0.3 is 14.6 Å². The fourth-order valence-corrected chi connectivity index (χ4v) is 4.81. The number of aryl methyl sites for hydroxylation is 1. The zero-order valence-corrected chi connectivity index (χ0v) is 21.9. The lowest BCUT2D eigenvalue weighted by Gasteiger charge is -2.24. The van der Waals surface area contributed by atoms with Gasteiger partial charge in [0, 0.05) is 29.0 Å². The average Bonchev–Trinajstić information content (AvgIpc) is 3.38. The molecule has 1 atom stereocenters. The Morgan fingerprint density at radius 3 is 2.71 bits per heavy atom. The Morgan fingerprint density at radius 2 is 2.05 bits per heavy atom. The molecule has 1 fully saturated rings. The fourth-order valence-electron chi connectivity index (χ4n) is 4.81. The first-order chi connectivity index (χ1) is 18.0. The van der Waals surface area contributed by atoms with Crippen LogP contribution >= 0.6 is 0 Å². The van der Waals surface area contributed by atoms with Gasteiger partial charge in [0.2, 0.25) is 0 Å². The van der Waals surface area contributed by atoms with Crippen LogP contribution in [0.5, 0.6) is 5.75 Å². The van der Waals surface area contributed by atoms with Gasteiger partial charge in [-0.1, -0.05) is 0 Å². The topological polar surface area (TPSA) is 127 Å². The van der Waals surface area contributed by atoms with Gasteiger partial charge in [0.15, 0.2) is 6.23 Å². The number of aromatic hydroxyl groups is 1. The van der Waals surface area contributed by atoms with Crippen LogP contribution in [-0.4, -0.2) is 42.7 Å². The quantitative estimate of drug-likeness (QED) is 0.352. The Labute approximate surface area is 218 Å². The molecule has 0 bridgehead atoms. The highest BCUT2D eigenvalue weighted by Crippen LogP contribution is 2.40. The van der Waals surface area contributed by atoms with Gasteiger partial charge in [-0.25, -0.2) is 18.9 Å². The Balaban J connectivity index is 1.83. The van der Waals surface area contributed by atoms with Crippen molar-refractivity contribution < 1.29 is 23.8 Å². The van der Waals surface area contributed by atoms with Crippen LogP contribution in [0.2, 0.25) is 0 Å². The number of nitriles is 1. The minimum absolute atomic E-state index is 0.0471. The second-order valence-electron chi connectivity index (χ2n) is 10.4. The summed E-state index contributed by atoms with van der Waals surface area (Å²) in [6, 6.07) is 4.94. The number of hydrogen-bond donors (Lipinski definition) is 2. The third-order valence-electron chi connectivity index (χ3n) is 6.56. The van der Waals surface area contributed by atoms with Crippen molar-refractivity contribution in [3.8, 4) is 17.5 Å². The molecule has 0 aliphatic carbocycles. The number of ether oxygens (including phenoxy) is 2. The molecule has 38 heavy (non-hydrogen) atoms. The van der Waals surface area contributed by atoms with Gasteiger partial charge in [0.25, 0.3) is 0 Å². The van der Waals surface area contributed by atoms with Crippen molar-refractivity contribution in [2.24, 2.45) is 0 Å². The lowest BCUT2D eigenvalue weighted by Crippen LogP contribution is -2.28. The summed E-state index contributed by atoms with van der Waals surface area (Å²) >= 11 is 0. The number of amides is 1. The van der Waals surface area contributed by atoms with E-state index in [1.165, 1.54) is 16.7 Å². The predicted molar refractivity (Wildman–Crippen MR) is 139 cm³/mol. The van der Waals surface area contributed by atoms with Crippen molar-refractivity contribution >= 4 is 33.8 Å². The molecule has 0 saturated carbocycles. The molecule has 1 aromatic carbocycles. The van der Waals surface area contributed by atoms with Crippen LogP contribution in [0.1, 0.15) is 63.1 Å². The number of hydrogen-bond acceptors (Lipinski definition) is 7. The van der Waals surface area contributed by atoms with Gasteiger partial charge >= 0.3 is 6.09 Å². The van der Waals surface area contributed by atoms with Crippen molar-refractivity contribution in [1.29, 1.82) is 5.26 Å². The number of carbonyl (C=O) groups is 1. The number of benzene rings is 1. The maximum Gasteiger partial charge on any atom is 0.413 e. The molecule has 0 radical (unpaired) electrons. The van der Waals surface area contributed by atoms with Crippen LogP contribution in [-0.2, 0) is 9.47 Å². The number of carbonyl (C=O) groups excluding carboxylic acids is 1. The van der Waals surface area contributed by atoms with E-state index in [0.29, 0.717) is 34.3 Å². The summed E-state index contributed by atoms with van der Waals surface area (Å²) < 4.78 is 30.1. The molecule has 10 nitrogen and oxygen atoms in total. The van der Waals surface area contributed by atoms with Gasteiger partial charge in [-0.05, 0) is 59.9 Å². The number of anilines is 1. The SMILES string of the molecule is Cc1nc2c(cc1O)c(C#N)c(NC(=O)OC(C)(C)C)n2-c1c(C)c(F)cc2c1cnn2C1CCCCO1. The molecule has 0 spiro atoms. The summed E-state index contributed by atoms with van der Waals surface area (Å²) in [7, 11) is 0. The number of aromatic nitrogens is 4. The summed E-state index contributed by atoms with van der Waals surface area (Å²) in [4.78, 5) is 17.4. The third kappa shape index (κ3) is 4.31. The molecule has 1 aliphatic heterocycles. The summed E-state index contributed by atoms with van der Waals surface area (Å²) in [6.45, 7) is 8.99. The molecule has 4 aromatic rings. The third-order valence-corrected chi connectivity index (χ3v) is 6.56. The smallest absolute Gasteiger partial charge is 0.413 e. The molecule has 1 unspecified atom stereocenters. The summed E-state index contributed by atoms with van der Waals surface area (Å²) in [6.07, 6.45) is 3.17. The van der Waals surface area contributed by atoms with E-state index in [0.717, 1.165) is 19.3 Å². The second kappa shape index (κ2) is 9.29. The first kappa shape index (κ1) is 25.5. The standard InChI is InChI=1S/C27H29FN6O4/c1-14-19(28)11-20-18(13-30-34(20)22-8-6-7-9-37-22)23(14)33-24-16(10-21(35)15(2)31-24)17(12-29)25(33)32-26(36)38-27(3,4)5/h10-11,13,22,35H,6-9H2,1-5H3,(H,32,36). The number of pyridine rings is 1. The Hall–Kier alpha value is -4.17. The maximum absolute atomic E-state index is 15.5. The predicted octanol–water partition coefficient (Wildman–Crippen LogP) is 5.75. The molecule has 5 rings (SSSR count). The molecular formula is C27H29FN6O4. The van der Waals surface area contributed by atoms with Crippen molar-refractivity contribution in [2.75, 3.05) is 11.9 Å². The van der Waals surface area contributed by atoms with Crippen molar-refractivity contribution in [3.05, 3.63) is 41.0 Å². The van der Waals surface area contributed by atoms with E-state index in [1.807, 2.05) is 0 Å². The number of fused-ring (bicyclic) bond motifs is 2. The largest absolute Gasteiger partial charge is 0.506 e. The van der Waals surface area contributed by atoms with E-state index in [2.05, 4.69) is 21.5 Å². The lowest BCUT2D eigenvalue weighted by atomic mass is 10.1. The van der Waals surface area contributed by atoms with E-state index in [1.54, 1.807) is 45.5 Å². The van der Waals surface area contributed by atoms with E-state index in [9.17, 15) is 15.2 Å². The van der Waals surface area contributed by atoms with Gasteiger partial charge in [-0.3, -0.25) is 9.88 Å². The molecule has 11 heteroatoms. The molecule has 2 N–H and O–H groups in total. The number of nitrogens with zero attached hydrogens (tertiary/aromatic N) is 5. The fraction of sp³-hybridized carbons (Fsp3) is 0.407. The molecule has 1 amide bonds. The number of halogens is 1. The van der Waals surface area contributed by atoms with Gasteiger partial charge in [-0.15, -0.1) is 0 Å². The maximum atomic E-state index is 15.5. The number of rotatable bonds is 3. The lowest BCUT2D eigenvalue weighted by molar-refractivity contribution is -0.0366. The van der Waals surface area contributed by atoms with Gasteiger partial charge in [0.05, 0.1) is 23.1 Å². The van der Waals surface area contributed by atoms with Crippen molar-refractivity contribution in [3.63, 3.8) is 0 Å². The van der Waals surface area contributed by atoms with Crippen LogP contribution in [0.15, 0.2) is 18.3 Å². The van der Waals surface area contributed by atoms with Crippen molar-refractivity contribution in [2.45, 2.75) is 65.7 Å². The minimum Gasteiger partial charge on any atom is -0.506 e. The van der Waals surface area contributed by atoms with E-state index < -0.39 is 17.5 Å². The zero-order chi connectivity index (χ0) is 27.4. The molecule has 3 aromatic heterocycles. The Bertz CT molecular complexity index is 1620. The molecule has 4 heterocycles. The molecule has 198 valence electrons. The second-order valence-corrected chi connectivity index (χ2v) is 10.4. The van der Waals surface area contributed by atoms with Crippen LogP contribution in [0.3, 0.4) is 0 Å². The summed E-state index contributed by atoms with van der Waals surface area (Å²) in [5.74, 6) is -0.562. The van der Waals surface area contributed by atoms with E-state index >= 15 is 4.39 Å². The van der Waals surface area contributed by atoms with E-state index in [4.69, 9.17) is 9.47 Å². The minimum atomic E-state index is -0.802. The highest BCUT2D eigenvalue weighted by molar-refractivity contribution is 6.01. The Morgan fingerprint density at radius 1 is 1.29 bits per heavy atom. The van der Waals surface area contributed by atoms with Gasteiger partial charge in [0.1, 0.15) is 40.3 Å². The summed E-state index contributed by atoms with van der Waals surface area (Å²) in [5, 5.41) is 28.6. The first-order valence-corrected chi connectivity index (χ1v) is 12.4. The number of nitrogens with one attached hydrogen (secondary N) is 1. The normalized spacial score (nSPS) is 16.1. The monoisotopic (exact) mass is 520 g/mol. The highest BCUT2D eigenvalue weighted by Gasteiger charge is 2.29. The van der Waals surface area contributed by atoms with E-state index in [-0.39, 0.29) is 34.6 Å². The summed E-state index contributed by atoms with van der Waals surface area (Å²) in [5.41, 5.74) is 0.951. The van der Waals surface area contributed by atoms with Crippen LogP contribution < -0.4 is 5.32 Å². The van der Waals surface area contributed by atoms with Gasteiger partial charge in [-0.2, -0.15) is 10.4 Å². The molecule has 1 saturated heterocycles. The molecule has 1 aliphatic rings. The van der Waals surface area contributed by atoms with Crippen LogP contribution in [0.25, 0.3) is 27.6 Å². The Kier molecular flexibility index (Phi) is 6.23. The average molecular weight is 521 g/mol. The van der Waals surface area contributed by atoms with Crippen LogP contribution in [0.4, 0.5) is 15.0 Å².